The molecule has 0 aliphatic heterocycles. The maximum atomic E-state index is 10.6. The van der Waals surface area contributed by atoms with Crippen LogP contribution in [-0.4, -0.2) is 16.1 Å². The van der Waals surface area contributed by atoms with Gasteiger partial charge in [-0.1, -0.05) is 29.8 Å². The molecule has 5 heteroatoms. The molecule has 2 rings (SSSR count). The summed E-state index contributed by atoms with van der Waals surface area (Å²) in [6, 6.07) is 7.50. The van der Waals surface area contributed by atoms with Crippen molar-refractivity contribution in [3.63, 3.8) is 0 Å². The van der Waals surface area contributed by atoms with E-state index in [1.807, 2.05) is 36.6 Å². The number of nitrogens with two attached hydrogens (primary N) is 1. The fraction of sp³-hybridized carbons (Fsp3) is 0.231. The average molecular weight is 262 g/mol. The summed E-state index contributed by atoms with van der Waals surface area (Å²) in [5.74, 6) is -0.910. The van der Waals surface area contributed by atoms with E-state index in [1.54, 1.807) is 0 Å². The normalized spacial score (nSPS) is 12.3. The highest BCUT2D eigenvalue weighted by atomic mass is 32.1. The summed E-state index contributed by atoms with van der Waals surface area (Å²) in [5.41, 5.74) is 8.63. The Balaban J connectivity index is 2.19. The number of carboxylic acids is 1. The first-order chi connectivity index (χ1) is 8.56. The minimum Gasteiger partial charge on any atom is -0.481 e. The van der Waals surface area contributed by atoms with Gasteiger partial charge in [-0.25, -0.2) is 4.98 Å². The lowest BCUT2D eigenvalue weighted by atomic mass is 10.1. The standard InChI is InChI=1S/C13H14N2O2S/c1-8-2-4-9(5-3-8)13-15-11(7-18-13)10(14)6-12(16)17/h2-5,7,10H,6,14H2,1H3,(H,16,17). The van der Waals surface area contributed by atoms with Crippen molar-refractivity contribution >= 4 is 17.3 Å². The Morgan fingerprint density at radius 2 is 2.11 bits per heavy atom. The number of carboxylic acid groups (broad SMARTS) is 1. The van der Waals surface area contributed by atoms with E-state index in [-0.39, 0.29) is 6.42 Å². The number of aromatic nitrogens is 1. The average Bonchev–Trinajstić information content (AvgIpc) is 2.78. The van der Waals surface area contributed by atoms with Crippen molar-refractivity contribution in [2.75, 3.05) is 0 Å². The van der Waals surface area contributed by atoms with Gasteiger partial charge in [0.15, 0.2) is 0 Å². The van der Waals surface area contributed by atoms with Crippen LogP contribution in [0.2, 0.25) is 0 Å². The molecule has 0 amide bonds. The second kappa shape index (κ2) is 5.29. The van der Waals surface area contributed by atoms with Crippen LogP contribution in [0, 0.1) is 6.92 Å². The number of hydrogen-bond acceptors (Lipinski definition) is 4. The van der Waals surface area contributed by atoms with E-state index in [0.717, 1.165) is 10.6 Å². The number of hydrogen-bond donors (Lipinski definition) is 2. The summed E-state index contributed by atoms with van der Waals surface area (Å²) in [6.45, 7) is 2.03. The number of aryl methyl sites for hydroxylation is 1. The topological polar surface area (TPSA) is 76.2 Å². The fourth-order valence-electron chi connectivity index (χ4n) is 1.58. The lowest BCUT2D eigenvalue weighted by Gasteiger charge is -2.04. The predicted octanol–water partition coefficient (Wildman–Crippen LogP) is 2.59. The van der Waals surface area contributed by atoms with Crippen LogP contribution in [0.25, 0.3) is 10.6 Å². The minimum absolute atomic E-state index is 0.100. The SMILES string of the molecule is Cc1ccc(-c2nc(C(N)CC(=O)O)cs2)cc1. The first-order valence-electron chi connectivity index (χ1n) is 5.56. The zero-order valence-corrected chi connectivity index (χ0v) is 10.8. The van der Waals surface area contributed by atoms with E-state index in [9.17, 15) is 4.79 Å². The van der Waals surface area contributed by atoms with Crippen LogP contribution in [-0.2, 0) is 4.79 Å². The maximum absolute atomic E-state index is 10.6. The lowest BCUT2D eigenvalue weighted by molar-refractivity contribution is -0.137. The van der Waals surface area contributed by atoms with Gasteiger partial charge in [0.2, 0.25) is 0 Å². The van der Waals surface area contributed by atoms with Crippen LogP contribution in [0.15, 0.2) is 29.6 Å². The van der Waals surface area contributed by atoms with Crippen LogP contribution in [0.3, 0.4) is 0 Å². The number of aliphatic carboxylic acids is 1. The van der Waals surface area contributed by atoms with E-state index in [0.29, 0.717) is 5.69 Å². The maximum Gasteiger partial charge on any atom is 0.305 e. The van der Waals surface area contributed by atoms with E-state index in [2.05, 4.69) is 4.98 Å². The van der Waals surface area contributed by atoms with Gasteiger partial charge in [0, 0.05) is 10.9 Å². The Labute approximate surface area is 109 Å². The molecule has 0 spiro atoms. The van der Waals surface area contributed by atoms with Gasteiger partial charge in [0.1, 0.15) is 5.01 Å². The molecule has 0 saturated carbocycles. The molecule has 0 bridgehead atoms. The van der Waals surface area contributed by atoms with E-state index >= 15 is 0 Å². The molecule has 0 aliphatic carbocycles. The highest BCUT2D eigenvalue weighted by Crippen LogP contribution is 2.26. The number of nitrogens with zero attached hydrogens (tertiary/aromatic N) is 1. The first-order valence-corrected chi connectivity index (χ1v) is 6.44. The Hall–Kier alpha value is -1.72. The van der Waals surface area contributed by atoms with Crippen LogP contribution in [0.1, 0.15) is 23.7 Å². The molecule has 1 aromatic carbocycles. The van der Waals surface area contributed by atoms with Crippen LogP contribution < -0.4 is 5.73 Å². The molecule has 1 aromatic heterocycles. The van der Waals surface area contributed by atoms with Gasteiger partial charge in [-0.3, -0.25) is 4.79 Å². The largest absolute Gasteiger partial charge is 0.481 e. The third kappa shape index (κ3) is 2.94. The molecule has 1 unspecified atom stereocenters. The number of rotatable bonds is 4. The van der Waals surface area contributed by atoms with Gasteiger partial charge in [-0.05, 0) is 6.92 Å². The number of carbonyl (C=O) groups is 1. The summed E-state index contributed by atoms with van der Waals surface area (Å²) < 4.78 is 0. The summed E-state index contributed by atoms with van der Waals surface area (Å²) in [4.78, 5) is 15.0. The molecule has 0 radical (unpaired) electrons. The molecule has 18 heavy (non-hydrogen) atoms. The molecule has 2 aromatic rings. The molecule has 0 aliphatic rings. The van der Waals surface area contributed by atoms with Gasteiger partial charge in [-0.15, -0.1) is 11.3 Å². The highest BCUT2D eigenvalue weighted by molar-refractivity contribution is 7.13. The quantitative estimate of drug-likeness (QED) is 0.888. The minimum atomic E-state index is -0.910. The van der Waals surface area contributed by atoms with Gasteiger partial charge >= 0.3 is 5.97 Å². The zero-order chi connectivity index (χ0) is 13.1. The van der Waals surface area contributed by atoms with E-state index in [1.165, 1.54) is 16.9 Å². The van der Waals surface area contributed by atoms with Crippen molar-refractivity contribution in [1.29, 1.82) is 0 Å². The Kier molecular flexibility index (Phi) is 3.74. The number of benzene rings is 1. The van der Waals surface area contributed by atoms with E-state index in [4.69, 9.17) is 10.8 Å². The molecule has 0 saturated heterocycles. The molecule has 1 atom stereocenters. The predicted molar refractivity (Wildman–Crippen MR) is 71.5 cm³/mol. The van der Waals surface area contributed by atoms with Crippen LogP contribution in [0.4, 0.5) is 0 Å². The molecular weight excluding hydrogens is 248 g/mol. The van der Waals surface area contributed by atoms with Crippen LogP contribution >= 0.6 is 11.3 Å². The van der Waals surface area contributed by atoms with Crippen molar-refractivity contribution in [2.24, 2.45) is 5.73 Å². The smallest absolute Gasteiger partial charge is 0.305 e. The second-order valence-corrected chi connectivity index (χ2v) is 5.01. The summed E-state index contributed by atoms with van der Waals surface area (Å²) in [6.07, 6.45) is -0.100. The summed E-state index contributed by atoms with van der Waals surface area (Å²) in [7, 11) is 0. The monoisotopic (exact) mass is 262 g/mol. The molecule has 3 N–H and O–H groups in total. The number of thiazole rings is 1. The lowest BCUT2D eigenvalue weighted by Crippen LogP contribution is -2.15. The molecule has 4 nitrogen and oxygen atoms in total. The molecule has 0 fully saturated rings. The van der Waals surface area contributed by atoms with Crippen LogP contribution in [0.5, 0.6) is 0 Å². The summed E-state index contributed by atoms with van der Waals surface area (Å²) >= 11 is 1.48. The Morgan fingerprint density at radius 3 is 2.72 bits per heavy atom. The third-order valence-electron chi connectivity index (χ3n) is 2.59. The van der Waals surface area contributed by atoms with Gasteiger partial charge in [-0.2, -0.15) is 0 Å². The molecule has 94 valence electrons. The first kappa shape index (κ1) is 12.7. The van der Waals surface area contributed by atoms with Crippen molar-refractivity contribution in [1.82, 2.24) is 4.98 Å². The molecule has 1 heterocycles. The van der Waals surface area contributed by atoms with Gasteiger partial charge in [0.05, 0.1) is 18.2 Å². The van der Waals surface area contributed by atoms with E-state index < -0.39 is 12.0 Å². The Morgan fingerprint density at radius 1 is 1.44 bits per heavy atom. The van der Waals surface area contributed by atoms with Crippen molar-refractivity contribution in [3.05, 3.63) is 40.9 Å². The van der Waals surface area contributed by atoms with Gasteiger partial charge < -0.3 is 10.8 Å². The van der Waals surface area contributed by atoms with Crippen molar-refractivity contribution in [2.45, 2.75) is 19.4 Å². The molecular formula is C13H14N2O2S. The third-order valence-corrected chi connectivity index (χ3v) is 3.50. The second-order valence-electron chi connectivity index (χ2n) is 4.15. The highest BCUT2D eigenvalue weighted by Gasteiger charge is 2.14. The van der Waals surface area contributed by atoms with Crippen molar-refractivity contribution in [3.8, 4) is 10.6 Å². The Bertz CT molecular complexity index is 548. The summed E-state index contributed by atoms with van der Waals surface area (Å²) in [5, 5.41) is 11.4. The fourth-order valence-corrected chi connectivity index (χ4v) is 2.47. The van der Waals surface area contributed by atoms with Crippen molar-refractivity contribution < 1.29 is 9.90 Å². The van der Waals surface area contributed by atoms with Gasteiger partial charge in [0.25, 0.3) is 0 Å². The zero-order valence-electron chi connectivity index (χ0n) is 9.96.